The van der Waals surface area contributed by atoms with Crippen molar-refractivity contribution < 1.29 is 14.8 Å². The molecule has 6 heteroatoms. The molecular formula is C8H15ClN2O3. The highest BCUT2D eigenvalue weighted by Crippen LogP contribution is 2.08. The van der Waals surface area contributed by atoms with Crippen molar-refractivity contribution >= 4 is 23.3 Å². The minimum atomic E-state index is -0.703. The Morgan fingerprint density at radius 2 is 2.21 bits per heavy atom. The lowest BCUT2D eigenvalue weighted by Gasteiger charge is -2.24. The molecule has 0 heterocycles. The zero-order chi connectivity index (χ0) is 11.2. The molecule has 0 spiro atoms. The lowest BCUT2D eigenvalue weighted by Crippen LogP contribution is -2.47. The average Bonchev–Trinajstić information content (AvgIpc) is 2.15. The second-order valence-corrected chi connectivity index (χ2v) is 3.50. The number of hydroxylamine groups is 1. The van der Waals surface area contributed by atoms with Crippen LogP contribution in [0.3, 0.4) is 0 Å². The van der Waals surface area contributed by atoms with Crippen molar-refractivity contribution in [1.29, 1.82) is 0 Å². The fourth-order valence-electron chi connectivity index (χ4n) is 0.908. The van der Waals surface area contributed by atoms with Gasteiger partial charge in [0, 0.05) is 0 Å². The van der Waals surface area contributed by atoms with Gasteiger partial charge in [-0.05, 0) is 20.3 Å². The lowest BCUT2D eigenvalue weighted by molar-refractivity contribution is -0.150. The van der Waals surface area contributed by atoms with Crippen LogP contribution in [0.15, 0.2) is 5.16 Å². The Kier molecular flexibility index (Phi) is 5.49. The van der Waals surface area contributed by atoms with Crippen LogP contribution in [0.5, 0.6) is 0 Å². The molecule has 0 rings (SSSR count). The van der Waals surface area contributed by atoms with Gasteiger partial charge in [-0.25, -0.2) is 4.79 Å². The summed E-state index contributed by atoms with van der Waals surface area (Å²) in [4.78, 5) is 15.4. The van der Waals surface area contributed by atoms with E-state index in [0.29, 0.717) is 12.1 Å². The smallest absolute Gasteiger partial charge is 0.339 e. The van der Waals surface area contributed by atoms with Gasteiger partial charge in [-0.15, -0.1) is 17.1 Å². The molecule has 0 amide bonds. The van der Waals surface area contributed by atoms with Gasteiger partial charge in [0.05, 0.1) is 11.3 Å². The third kappa shape index (κ3) is 3.93. The first-order valence-electron chi connectivity index (χ1n) is 4.22. The van der Waals surface area contributed by atoms with Crippen LogP contribution in [0.25, 0.3) is 0 Å². The van der Waals surface area contributed by atoms with Gasteiger partial charge in [-0.3, -0.25) is 0 Å². The van der Waals surface area contributed by atoms with E-state index in [1.54, 1.807) is 13.8 Å². The molecule has 0 saturated carbocycles. The first-order chi connectivity index (χ1) is 6.47. The summed E-state index contributed by atoms with van der Waals surface area (Å²) in [5.41, 5.74) is 2.27. The highest BCUT2D eigenvalue weighted by atomic mass is 35.5. The molecule has 0 aliphatic heterocycles. The summed E-state index contributed by atoms with van der Waals surface area (Å²) >= 11 is 5.23. The number of halogens is 1. The molecule has 14 heavy (non-hydrogen) atoms. The molecule has 0 aromatic heterocycles. The van der Waals surface area contributed by atoms with Gasteiger partial charge in [0.1, 0.15) is 5.88 Å². The number of alkyl halides is 1. The number of hydrogen-bond donors (Lipinski definition) is 2. The Balaban J connectivity index is 4.26. The van der Waals surface area contributed by atoms with E-state index < -0.39 is 11.5 Å². The molecule has 0 saturated heterocycles. The fourth-order valence-corrected chi connectivity index (χ4v) is 0.963. The molecule has 0 radical (unpaired) electrons. The first kappa shape index (κ1) is 13.2. The molecule has 0 aliphatic carbocycles. The van der Waals surface area contributed by atoms with Crippen LogP contribution in [0.4, 0.5) is 0 Å². The molecule has 0 atom stereocenters. The number of nitrogens with one attached hydrogen (secondary N) is 1. The second kappa shape index (κ2) is 5.82. The van der Waals surface area contributed by atoms with Crippen molar-refractivity contribution in [2.45, 2.75) is 32.7 Å². The van der Waals surface area contributed by atoms with E-state index in [2.05, 4.69) is 15.5 Å². The van der Waals surface area contributed by atoms with Crippen molar-refractivity contribution in [3.8, 4) is 0 Å². The maximum absolute atomic E-state index is 10.7. The van der Waals surface area contributed by atoms with Gasteiger partial charge in [0.25, 0.3) is 0 Å². The highest BCUT2D eigenvalue weighted by molar-refractivity contribution is 6.26. The average molecular weight is 223 g/mol. The number of hydrogen-bond acceptors (Lipinski definition) is 5. The Labute approximate surface area is 88.0 Å². The number of oxime groups is 1. The Morgan fingerprint density at radius 1 is 1.64 bits per heavy atom. The fraction of sp³-hybridized carbons (Fsp3) is 0.750. The molecule has 0 unspecified atom stereocenters. The lowest BCUT2D eigenvalue weighted by atomic mass is 9.98. The van der Waals surface area contributed by atoms with E-state index in [1.165, 1.54) is 0 Å². The van der Waals surface area contributed by atoms with E-state index in [-0.39, 0.29) is 5.88 Å². The van der Waals surface area contributed by atoms with E-state index in [1.807, 2.05) is 6.92 Å². The molecule has 5 nitrogen and oxygen atoms in total. The summed E-state index contributed by atoms with van der Waals surface area (Å²) in [6, 6.07) is 0. The van der Waals surface area contributed by atoms with Gasteiger partial charge in [0.15, 0.2) is 0 Å². The SMILES string of the molecule is CC/C(=N\O)C(C)(C)NOC(=O)CCl. The Hall–Kier alpha value is -0.810. The monoisotopic (exact) mass is 222 g/mol. The first-order valence-corrected chi connectivity index (χ1v) is 4.75. The summed E-state index contributed by atoms with van der Waals surface area (Å²) in [6.45, 7) is 5.29. The Morgan fingerprint density at radius 3 is 2.57 bits per heavy atom. The predicted molar refractivity (Wildman–Crippen MR) is 53.5 cm³/mol. The standard InChI is InChI=1S/C8H15ClN2O3/c1-4-6(10-13)8(2,3)11-14-7(12)5-9/h11,13H,4-5H2,1-3H3/b10-6+. The van der Waals surface area contributed by atoms with Crippen LogP contribution in [0, 0.1) is 0 Å². The van der Waals surface area contributed by atoms with Crippen molar-refractivity contribution in [2.75, 3.05) is 5.88 Å². The molecule has 0 aliphatic rings. The minimum Gasteiger partial charge on any atom is -0.411 e. The number of carbonyl (C=O) groups is 1. The van der Waals surface area contributed by atoms with E-state index in [0.717, 1.165) is 0 Å². The van der Waals surface area contributed by atoms with Gasteiger partial charge in [0.2, 0.25) is 0 Å². The van der Waals surface area contributed by atoms with E-state index in [9.17, 15) is 4.79 Å². The van der Waals surface area contributed by atoms with Crippen molar-refractivity contribution in [3.05, 3.63) is 0 Å². The third-order valence-corrected chi connectivity index (χ3v) is 1.92. The molecule has 0 aromatic rings. The van der Waals surface area contributed by atoms with Crippen LogP contribution in [0.2, 0.25) is 0 Å². The number of rotatable bonds is 5. The van der Waals surface area contributed by atoms with Gasteiger partial charge < -0.3 is 10.0 Å². The van der Waals surface area contributed by atoms with Crippen LogP contribution >= 0.6 is 11.6 Å². The van der Waals surface area contributed by atoms with Crippen molar-refractivity contribution in [2.24, 2.45) is 5.16 Å². The zero-order valence-electron chi connectivity index (χ0n) is 8.50. The maximum Gasteiger partial charge on any atom is 0.339 e. The van der Waals surface area contributed by atoms with E-state index in [4.69, 9.17) is 16.8 Å². The predicted octanol–water partition coefficient (Wildman–Crippen LogP) is 1.29. The maximum atomic E-state index is 10.7. The highest BCUT2D eigenvalue weighted by Gasteiger charge is 2.25. The topological polar surface area (TPSA) is 70.9 Å². The van der Waals surface area contributed by atoms with Crippen LogP contribution < -0.4 is 5.48 Å². The number of carbonyl (C=O) groups excluding carboxylic acids is 1. The van der Waals surface area contributed by atoms with Gasteiger partial charge in [-0.2, -0.15) is 0 Å². The molecule has 2 N–H and O–H groups in total. The summed E-state index contributed by atoms with van der Waals surface area (Å²) in [5.74, 6) is -0.797. The van der Waals surface area contributed by atoms with Crippen LogP contribution in [-0.2, 0) is 9.63 Å². The molecule has 0 fully saturated rings. The van der Waals surface area contributed by atoms with Crippen LogP contribution in [0.1, 0.15) is 27.2 Å². The normalized spacial score (nSPS) is 12.7. The Bertz CT molecular complexity index is 229. The zero-order valence-corrected chi connectivity index (χ0v) is 9.26. The summed E-state index contributed by atoms with van der Waals surface area (Å²) in [6.07, 6.45) is 0.551. The van der Waals surface area contributed by atoms with Crippen molar-refractivity contribution in [3.63, 3.8) is 0 Å². The number of nitrogens with zero attached hydrogens (tertiary/aromatic N) is 1. The van der Waals surface area contributed by atoms with Gasteiger partial charge >= 0.3 is 5.97 Å². The second-order valence-electron chi connectivity index (χ2n) is 3.24. The molecule has 0 aromatic carbocycles. The van der Waals surface area contributed by atoms with E-state index >= 15 is 0 Å². The van der Waals surface area contributed by atoms with Gasteiger partial charge in [-0.1, -0.05) is 12.1 Å². The van der Waals surface area contributed by atoms with Crippen molar-refractivity contribution in [1.82, 2.24) is 5.48 Å². The summed E-state index contributed by atoms with van der Waals surface area (Å²) in [5, 5.41) is 11.8. The third-order valence-electron chi connectivity index (χ3n) is 1.71. The molecule has 82 valence electrons. The molecular weight excluding hydrogens is 208 g/mol. The largest absolute Gasteiger partial charge is 0.411 e. The summed E-state index contributed by atoms with van der Waals surface area (Å²) < 4.78 is 0. The molecule has 0 bridgehead atoms. The van der Waals surface area contributed by atoms with Crippen LogP contribution in [-0.4, -0.2) is 28.3 Å². The summed E-state index contributed by atoms with van der Waals surface area (Å²) in [7, 11) is 0. The minimum absolute atomic E-state index is 0.221. The quantitative estimate of drug-likeness (QED) is 0.318.